The number of carbonyl (C=O) groups excluding carboxylic acids is 1. The van der Waals surface area contributed by atoms with Crippen LogP contribution in [-0.4, -0.2) is 27.6 Å². The molecule has 0 bridgehead atoms. The molecule has 0 unspecified atom stereocenters. The summed E-state index contributed by atoms with van der Waals surface area (Å²) in [6, 6.07) is 3.18. The second kappa shape index (κ2) is 5.08. The van der Waals surface area contributed by atoms with Crippen LogP contribution in [0.25, 0.3) is 0 Å². The zero-order valence-electron chi connectivity index (χ0n) is 10.1. The number of nitro groups is 1. The number of amides is 2. The number of nitrogens with one attached hydrogen (secondary N) is 2. The quantitative estimate of drug-likeness (QED) is 0.570. The number of anilines is 1. The van der Waals surface area contributed by atoms with Crippen molar-refractivity contribution in [3.63, 3.8) is 0 Å². The van der Waals surface area contributed by atoms with E-state index in [4.69, 9.17) is 5.11 Å². The molecule has 0 atom stereocenters. The molecular weight excluding hydrogens is 334 g/mol. The Morgan fingerprint density at radius 1 is 1.40 bits per heavy atom. The maximum atomic E-state index is 11.7. The van der Waals surface area contributed by atoms with Crippen molar-refractivity contribution in [1.29, 1.82) is 0 Å². The summed E-state index contributed by atoms with van der Waals surface area (Å²) in [7, 11) is 0. The van der Waals surface area contributed by atoms with Crippen LogP contribution in [0, 0.1) is 10.1 Å². The van der Waals surface area contributed by atoms with Gasteiger partial charge in [0.15, 0.2) is 0 Å². The molecule has 9 heteroatoms. The number of halogens is 1. The molecule has 0 spiro atoms. The molecule has 0 aliphatic heterocycles. The maximum Gasteiger partial charge on any atom is 0.329 e. The Kier molecular flexibility index (Phi) is 3.62. The average Bonchev–Trinajstić information content (AvgIpc) is 3.12. The van der Waals surface area contributed by atoms with Crippen LogP contribution in [0.15, 0.2) is 22.7 Å². The third-order valence-corrected chi connectivity index (χ3v) is 3.61. The van der Waals surface area contributed by atoms with Gasteiger partial charge in [0.05, 0.1) is 10.6 Å². The fourth-order valence-electron chi connectivity index (χ4n) is 1.61. The minimum absolute atomic E-state index is 0.178. The second-order valence-electron chi connectivity index (χ2n) is 4.39. The summed E-state index contributed by atoms with van der Waals surface area (Å²) in [5, 5.41) is 24.4. The van der Waals surface area contributed by atoms with E-state index in [-0.39, 0.29) is 11.4 Å². The molecule has 1 aromatic rings. The minimum Gasteiger partial charge on any atom is -0.480 e. The predicted molar refractivity (Wildman–Crippen MR) is 72.6 cm³/mol. The van der Waals surface area contributed by atoms with Gasteiger partial charge in [0, 0.05) is 16.6 Å². The SMILES string of the molecule is O=C(Nc1cc([N+](=O)[O-])ccc1Br)NC1(C(=O)O)CC1. The Hall–Kier alpha value is -2.16. The first-order valence-electron chi connectivity index (χ1n) is 5.60. The number of urea groups is 1. The van der Waals surface area contributed by atoms with Crippen molar-refractivity contribution in [2.75, 3.05) is 5.32 Å². The number of carboxylic acids is 1. The van der Waals surface area contributed by atoms with Gasteiger partial charge in [0.1, 0.15) is 5.54 Å². The van der Waals surface area contributed by atoms with E-state index in [2.05, 4.69) is 26.6 Å². The lowest BCUT2D eigenvalue weighted by Crippen LogP contribution is -2.45. The molecule has 3 N–H and O–H groups in total. The molecule has 1 aliphatic rings. The highest BCUT2D eigenvalue weighted by Gasteiger charge is 2.51. The molecule has 106 valence electrons. The third-order valence-electron chi connectivity index (χ3n) is 2.92. The lowest BCUT2D eigenvalue weighted by Gasteiger charge is -2.14. The molecule has 1 fully saturated rings. The number of carboxylic acid groups (broad SMARTS) is 1. The van der Waals surface area contributed by atoms with Crippen LogP contribution in [0.1, 0.15) is 12.8 Å². The Labute approximate surface area is 121 Å². The molecule has 20 heavy (non-hydrogen) atoms. The lowest BCUT2D eigenvalue weighted by atomic mass is 10.2. The normalized spacial score (nSPS) is 15.2. The van der Waals surface area contributed by atoms with Gasteiger partial charge in [-0.05, 0) is 34.8 Å². The van der Waals surface area contributed by atoms with Crippen LogP contribution in [0.4, 0.5) is 16.2 Å². The van der Waals surface area contributed by atoms with E-state index in [0.29, 0.717) is 17.3 Å². The number of rotatable bonds is 4. The Morgan fingerprint density at radius 2 is 2.05 bits per heavy atom. The topological polar surface area (TPSA) is 122 Å². The van der Waals surface area contributed by atoms with Gasteiger partial charge in [-0.15, -0.1) is 0 Å². The number of carbonyl (C=O) groups is 2. The molecule has 1 saturated carbocycles. The van der Waals surface area contributed by atoms with Crippen molar-refractivity contribution < 1.29 is 19.6 Å². The first-order valence-corrected chi connectivity index (χ1v) is 6.40. The van der Waals surface area contributed by atoms with Crippen LogP contribution in [0.3, 0.4) is 0 Å². The molecule has 0 radical (unpaired) electrons. The van der Waals surface area contributed by atoms with Crippen molar-refractivity contribution in [1.82, 2.24) is 5.32 Å². The summed E-state index contributed by atoms with van der Waals surface area (Å²) in [6.07, 6.45) is 0.734. The van der Waals surface area contributed by atoms with Gasteiger partial charge < -0.3 is 15.7 Å². The van der Waals surface area contributed by atoms with E-state index < -0.39 is 22.5 Å². The summed E-state index contributed by atoms with van der Waals surface area (Å²) < 4.78 is 0.457. The van der Waals surface area contributed by atoms with Gasteiger partial charge in [0.2, 0.25) is 0 Å². The highest BCUT2D eigenvalue weighted by Crippen LogP contribution is 2.35. The van der Waals surface area contributed by atoms with Gasteiger partial charge >= 0.3 is 12.0 Å². The molecule has 1 aromatic carbocycles. The van der Waals surface area contributed by atoms with Gasteiger partial charge in [-0.3, -0.25) is 10.1 Å². The summed E-state index contributed by atoms with van der Waals surface area (Å²) in [4.78, 5) is 32.7. The summed E-state index contributed by atoms with van der Waals surface area (Å²) in [5.74, 6) is -1.09. The van der Waals surface area contributed by atoms with Gasteiger partial charge in [-0.2, -0.15) is 0 Å². The van der Waals surface area contributed by atoms with Crippen molar-refractivity contribution in [2.45, 2.75) is 18.4 Å². The van der Waals surface area contributed by atoms with E-state index in [0.717, 1.165) is 0 Å². The number of hydrogen-bond donors (Lipinski definition) is 3. The number of aliphatic carboxylic acids is 1. The van der Waals surface area contributed by atoms with E-state index in [1.165, 1.54) is 18.2 Å². The summed E-state index contributed by atoms with van der Waals surface area (Å²) >= 11 is 3.15. The molecule has 8 nitrogen and oxygen atoms in total. The standard InChI is InChI=1S/C11H10BrN3O5/c12-7-2-1-6(15(19)20)5-8(7)13-10(18)14-11(3-4-11)9(16)17/h1-2,5H,3-4H2,(H,16,17)(H2,13,14,18). The van der Waals surface area contributed by atoms with Crippen molar-refractivity contribution in [3.8, 4) is 0 Å². The van der Waals surface area contributed by atoms with E-state index in [9.17, 15) is 19.7 Å². The van der Waals surface area contributed by atoms with Gasteiger partial charge in [-0.25, -0.2) is 9.59 Å². The summed E-state index contributed by atoms with van der Waals surface area (Å²) in [5.41, 5.74) is -1.20. The largest absolute Gasteiger partial charge is 0.480 e. The molecule has 0 heterocycles. The number of benzene rings is 1. The molecule has 0 aromatic heterocycles. The summed E-state index contributed by atoms with van der Waals surface area (Å²) in [6.45, 7) is 0. The van der Waals surface area contributed by atoms with Crippen LogP contribution < -0.4 is 10.6 Å². The number of nitro benzene ring substituents is 1. The van der Waals surface area contributed by atoms with Gasteiger partial charge in [-0.1, -0.05) is 0 Å². The average molecular weight is 344 g/mol. The Bertz CT molecular complexity index is 600. The molecule has 0 saturated heterocycles. The number of nitrogens with zero attached hydrogens (tertiary/aromatic N) is 1. The van der Waals surface area contributed by atoms with Gasteiger partial charge in [0.25, 0.3) is 5.69 Å². The monoisotopic (exact) mass is 343 g/mol. The van der Waals surface area contributed by atoms with Crippen LogP contribution in [0.5, 0.6) is 0 Å². The van der Waals surface area contributed by atoms with Crippen molar-refractivity contribution >= 4 is 39.3 Å². The second-order valence-corrected chi connectivity index (χ2v) is 5.24. The van der Waals surface area contributed by atoms with E-state index in [1.54, 1.807) is 0 Å². The zero-order chi connectivity index (χ0) is 14.9. The highest BCUT2D eigenvalue weighted by atomic mass is 79.9. The molecule has 2 rings (SSSR count). The van der Waals surface area contributed by atoms with Crippen molar-refractivity contribution in [2.24, 2.45) is 0 Å². The Balaban J connectivity index is 2.10. The zero-order valence-corrected chi connectivity index (χ0v) is 11.6. The minimum atomic E-state index is -1.21. The lowest BCUT2D eigenvalue weighted by molar-refractivity contribution is -0.384. The van der Waals surface area contributed by atoms with Crippen LogP contribution in [-0.2, 0) is 4.79 Å². The fraction of sp³-hybridized carbons (Fsp3) is 0.273. The highest BCUT2D eigenvalue weighted by molar-refractivity contribution is 9.10. The van der Waals surface area contributed by atoms with Crippen molar-refractivity contribution in [3.05, 3.63) is 32.8 Å². The number of hydrogen-bond acceptors (Lipinski definition) is 4. The first kappa shape index (κ1) is 14.3. The van der Waals surface area contributed by atoms with E-state index in [1.807, 2.05) is 0 Å². The Morgan fingerprint density at radius 3 is 2.55 bits per heavy atom. The fourth-order valence-corrected chi connectivity index (χ4v) is 1.96. The predicted octanol–water partition coefficient (Wildman–Crippen LogP) is 2.10. The van der Waals surface area contributed by atoms with E-state index >= 15 is 0 Å². The smallest absolute Gasteiger partial charge is 0.329 e. The maximum absolute atomic E-state index is 11.7. The molecule has 2 amide bonds. The van der Waals surface area contributed by atoms with Crippen LogP contribution >= 0.6 is 15.9 Å². The van der Waals surface area contributed by atoms with Crippen LogP contribution in [0.2, 0.25) is 0 Å². The molecular formula is C11H10BrN3O5. The number of non-ortho nitro benzene ring substituents is 1. The molecule has 1 aliphatic carbocycles. The third kappa shape index (κ3) is 2.87. The first-order chi connectivity index (χ1) is 9.34.